The predicted molar refractivity (Wildman–Crippen MR) is 33.0 cm³/mol. The van der Waals surface area contributed by atoms with Gasteiger partial charge in [-0.3, -0.25) is 0 Å². The van der Waals surface area contributed by atoms with Gasteiger partial charge in [0.25, 0.3) is 10.0 Å². The fourth-order valence-corrected chi connectivity index (χ4v) is 0.673. The van der Waals surface area contributed by atoms with E-state index in [4.69, 9.17) is 4.78 Å². The summed E-state index contributed by atoms with van der Waals surface area (Å²) in [7, 11) is -3.27. The van der Waals surface area contributed by atoms with Crippen molar-refractivity contribution in [2.45, 2.75) is 0 Å². The van der Waals surface area contributed by atoms with Crippen LogP contribution in [0.1, 0.15) is 0 Å². The van der Waals surface area contributed by atoms with Crippen molar-refractivity contribution in [3.8, 4) is 0 Å². The Kier molecular flexibility index (Phi) is 3.10. The Balaban J connectivity index is 0.000000291. The molecule has 0 atom stereocenters. The molecule has 1 aliphatic heterocycles. The molecule has 0 aromatic carbocycles. The zero-order valence-corrected chi connectivity index (χ0v) is 5.82. The molecule has 50 valence electrons. The molecule has 1 aliphatic rings. The molecule has 7 heteroatoms. The van der Waals surface area contributed by atoms with Crippen LogP contribution in [0.2, 0.25) is 0 Å². The minimum atomic E-state index is -3.27. The van der Waals surface area contributed by atoms with Crippen LogP contribution in [0.25, 0.3) is 0 Å². The zero-order valence-electron chi connectivity index (χ0n) is 4.18. The van der Waals surface area contributed by atoms with Gasteiger partial charge in [0, 0.05) is 12.4 Å². The SMILES string of the molecule is N=S.O=S1(=O)C=CN=N1. The van der Waals surface area contributed by atoms with Crippen LogP contribution in [-0.4, -0.2) is 8.42 Å². The van der Waals surface area contributed by atoms with Crippen molar-refractivity contribution < 1.29 is 8.42 Å². The van der Waals surface area contributed by atoms with Gasteiger partial charge in [0.1, 0.15) is 0 Å². The lowest BCUT2D eigenvalue weighted by molar-refractivity contribution is 0.605. The van der Waals surface area contributed by atoms with Crippen LogP contribution in [0.5, 0.6) is 0 Å². The quantitative estimate of drug-likeness (QED) is 0.569. The van der Waals surface area contributed by atoms with Crippen molar-refractivity contribution in [3.63, 3.8) is 0 Å². The number of hydrogen-bond donors (Lipinski definition) is 1. The maximum Gasteiger partial charge on any atom is 0.294 e. The molecule has 1 rings (SSSR count). The highest BCUT2D eigenvalue weighted by atomic mass is 32.2. The maximum atomic E-state index is 10.1. The van der Waals surface area contributed by atoms with Crippen molar-refractivity contribution in [1.82, 2.24) is 0 Å². The fraction of sp³-hybridized carbons (Fsp3) is 0. The second kappa shape index (κ2) is 3.36. The molecule has 0 fully saturated rings. The van der Waals surface area contributed by atoms with Crippen molar-refractivity contribution in [2.75, 3.05) is 0 Å². The van der Waals surface area contributed by atoms with E-state index >= 15 is 0 Å². The Morgan fingerprint density at radius 3 is 2.11 bits per heavy atom. The van der Waals surface area contributed by atoms with Gasteiger partial charge < -0.3 is 0 Å². The largest absolute Gasteiger partial charge is 0.294 e. The highest BCUT2D eigenvalue weighted by molar-refractivity contribution is 7.93. The van der Waals surface area contributed by atoms with Crippen LogP contribution in [0.3, 0.4) is 0 Å². The molecule has 1 N–H and O–H groups in total. The van der Waals surface area contributed by atoms with Gasteiger partial charge in [-0.05, 0) is 0 Å². The number of sulfonamides is 1. The fourth-order valence-electron chi connectivity index (χ4n) is 0.224. The summed E-state index contributed by atoms with van der Waals surface area (Å²) >= 11 is 3.33. The number of rotatable bonds is 0. The molecule has 0 radical (unpaired) electrons. The summed E-state index contributed by atoms with van der Waals surface area (Å²) in [6, 6.07) is 0. The highest BCUT2D eigenvalue weighted by Crippen LogP contribution is 2.02. The number of nitrogens with zero attached hydrogens (tertiary/aromatic N) is 2. The molecule has 0 bridgehead atoms. The summed E-state index contributed by atoms with van der Waals surface area (Å²) in [5.41, 5.74) is 0. The predicted octanol–water partition coefficient (Wildman–Crippen LogP) is 0.549. The number of nitrogens with one attached hydrogen (secondary N) is 1. The summed E-state index contributed by atoms with van der Waals surface area (Å²) < 4.78 is 28.4. The minimum Gasteiger partial charge on any atom is -0.235 e. The lowest BCUT2D eigenvalue weighted by Crippen LogP contribution is -1.80. The summed E-state index contributed by atoms with van der Waals surface area (Å²) in [6.45, 7) is 0. The van der Waals surface area contributed by atoms with Gasteiger partial charge in [-0.1, -0.05) is 4.52 Å². The van der Waals surface area contributed by atoms with E-state index in [-0.39, 0.29) is 0 Å². The van der Waals surface area contributed by atoms with Crippen LogP contribution in [0, 0.1) is 4.78 Å². The maximum absolute atomic E-state index is 10.1. The van der Waals surface area contributed by atoms with Crippen molar-refractivity contribution >= 4 is 22.4 Å². The van der Waals surface area contributed by atoms with E-state index < -0.39 is 10.0 Å². The first-order chi connectivity index (χ1) is 4.21. The van der Waals surface area contributed by atoms with Gasteiger partial charge >= 0.3 is 0 Å². The van der Waals surface area contributed by atoms with E-state index in [9.17, 15) is 8.42 Å². The second-order valence-electron chi connectivity index (χ2n) is 0.997. The molecule has 0 amide bonds. The van der Waals surface area contributed by atoms with E-state index in [0.29, 0.717) is 0 Å². The second-order valence-corrected chi connectivity index (χ2v) is 2.46. The third kappa shape index (κ3) is 2.98. The normalized spacial score (nSPS) is 18.7. The first-order valence-electron chi connectivity index (χ1n) is 1.75. The van der Waals surface area contributed by atoms with Gasteiger partial charge in [-0.15, -0.1) is 5.11 Å². The van der Waals surface area contributed by atoms with Crippen molar-refractivity contribution in [3.05, 3.63) is 11.6 Å². The molecule has 0 aliphatic carbocycles. The lowest BCUT2D eigenvalue weighted by Gasteiger charge is -1.70. The van der Waals surface area contributed by atoms with E-state index in [0.717, 1.165) is 11.6 Å². The molecular formula is C2H3N3O2S2. The van der Waals surface area contributed by atoms with Gasteiger partial charge in [-0.25, -0.2) is 4.78 Å². The Morgan fingerprint density at radius 2 is 2.00 bits per heavy atom. The van der Waals surface area contributed by atoms with E-state index in [1.165, 1.54) is 0 Å². The minimum absolute atomic E-state index is 0.938. The van der Waals surface area contributed by atoms with Crippen LogP contribution in [0.15, 0.2) is 21.2 Å². The molecule has 9 heavy (non-hydrogen) atoms. The molecule has 1 heterocycles. The molecule has 0 saturated heterocycles. The molecular weight excluding hydrogens is 162 g/mol. The molecule has 5 nitrogen and oxygen atoms in total. The summed E-state index contributed by atoms with van der Waals surface area (Å²) in [5, 5.41) is 4.03. The summed E-state index contributed by atoms with van der Waals surface area (Å²) in [6.07, 6.45) is 1.13. The summed E-state index contributed by atoms with van der Waals surface area (Å²) in [5.74, 6) is 0. The Morgan fingerprint density at radius 1 is 1.44 bits per heavy atom. The first-order valence-corrected chi connectivity index (χ1v) is 3.66. The van der Waals surface area contributed by atoms with Crippen LogP contribution >= 0.6 is 0 Å². The molecule has 0 aromatic rings. The molecule has 0 unspecified atom stereocenters. The van der Waals surface area contributed by atoms with Gasteiger partial charge in [0.15, 0.2) is 0 Å². The highest BCUT2D eigenvalue weighted by Gasteiger charge is 2.03. The third-order valence-electron chi connectivity index (χ3n) is 0.460. The monoisotopic (exact) mass is 165 g/mol. The van der Waals surface area contributed by atoms with Gasteiger partial charge in [0.05, 0.1) is 11.6 Å². The number of hydrogen-bond acceptors (Lipinski definition) is 5. The Bertz CT molecular complexity index is 210. The van der Waals surface area contributed by atoms with Crippen molar-refractivity contribution in [2.24, 2.45) is 9.63 Å². The van der Waals surface area contributed by atoms with Crippen LogP contribution in [0.4, 0.5) is 0 Å². The molecule has 0 spiro atoms. The standard InChI is InChI=1S/C2H2N2O2S.HNS/c5-7(6)2-1-3-4-7;1-2/h1-2H;1H. The van der Waals surface area contributed by atoms with E-state index in [1.807, 2.05) is 0 Å². The third-order valence-corrected chi connectivity index (χ3v) is 1.25. The van der Waals surface area contributed by atoms with Crippen LogP contribution < -0.4 is 0 Å². The van der Waals surface area contributed by atoms with E-state index in [1.54, 1.807) is 0 Å². The summed E-state index contributed by atoms with van der Waals surface area (Å²) in [4.78, 5) is 0. The molecule has 0 saturated carbocycles. The average Bonchev–Trinajstić information content (AvgIpc) is 2.19. The van der Waals surface area contributed by atoms with Gasteiger partial charge in [0.2, 0.25) is 0 Å². The Hall–Kier alpha value is -0.690. The lowest BCUT2D eigenvalue weighted by atomic mass is 11.1. The Labute approximate surface area is 57.5 Å². The smallest absolute Gasteiger partial charge is 0.235 e. The average molecular weight is 165 g/mol. The van der Waals surface area contributed by atoms with Crippen molar-refractivity contribution in [1.29, 1.82) is 4.78 Å². The van der Waals surface area contributed by atoms with E-state index in [2.05, 4.69) is 22.1 Å². The molecule has 0 aromatic heterocycles. The first kappa shape index (κ1) is 8.31. The zero-order chi connectivity index (χ0) is 7.33. The van der Waals surface area contributed by atoms with Gasteiger partial charge in [-0.2, -0.15) is 8.42 Å². The van der Waals surface area contributed by atoms with Crippen LogP contribution in [-0.2, 0) is 22.4 Å². The topological polar surface area (TPSA) is 82.7 Å².